The zero-order valence-electron chi connectivity index (χ0n) is 20.0. The first kappa shape index (κ1) is 23.0. The van der Waals surface area contributed by atoms with Gasteiger partial charge in [0.15, 0.2) is 5.82 Å². The number of halogens is 2. The number of rotatable bonds is 6. The summed E-state index contributed by atoms with van der Waals surface area (Å²) in [4.78, 5) is 13.7. The average molecular weight is 498 g/mol. The molecular weight excluding hydrogens is 472 g/mol. The van der Waals surface area contributed by atoms with E-state index in [4.69, 9.17) is 5.10 Å². The summed E-state index contributed by atoms with van der Waals surface area (Å²) in [5.41, 5.74) is 5.57. The van der Waals surface area contributed by atoms with Crippen molar-refractivity contribution in [1.29, 1.82) is 0 Å². The Labute approximate surface area is 212 Å². The molecule has 186 valence electrons. The van der Waals surface area contributed by atoms with Gasteiger partial charge >= 0.3 is 0 Å². The van der Waals surface area contributed by atoms with Crippen LogP contribution in [0.5, 0.6) is 0 Å². The van der Waals surface area contributed by atoms with E-state index >= 15 is 0 Å². The summed E-state index contributed by atoms with van der Waals surface area (Å²) in [5, 5.41) is 11.1. The highest BCUT2D eigenvalue weighted by Crippen LogP contribution is 2.37. The van der Waals surface area contributed by atoms with Gasteiger partial charge in [0.25, 0.3) is 5.91 Å². The highest BCUT2D eigenvalue weighted by atomic mass is 19.1. The summed E-state index contributed by atoms with van der Waals surface area (Å²) < 4.78 is 30.7. The molecule has 6 rings (SSSR count). The fraction of sp³-hybridized carbons (Fsp3) is 0.172. The molecule has 1 amide bonds. The number of carbonyl (C=O) groups is 1. The van der Waals surface area contributed by atoms with Crippen LogP contribution >= 0.6 is 0 Å². The van der Waals surface area contributed by atoms with Crippen LogP contribution < -0.4 is 10.6 Å². The molecule has 0 unspecified atom stereocenters. The van der Waals surface area contributed by atoms with Gasteiger partial charge in [0.2, 0.25) is 0 Å². The number of carbonyl (C=O) groups excluding carboxylic acids is 1. The average Bonchev–Trinajstić information content (AvgIpc) is 3.32. The Kier molecular flexibility index (Phi) is 5.92. The molecule has 8 heteroatoms. The number of benzene rings is 3. The molecule has 3 aromatic carbocycles. The van der Waals surface area contributed by atoms with Gasteiger partial charge in [-0.05, 0) is 73.4 Å². The second-order valence-electron chi connectivity index (χ2n) is 9.15. The first-order valence-electron chi connectivity index (χ1n) is 12.3. The van der Waals surface area contributed by atoms with Gasteiger partial charge in [-0.15, -0.1) is 0 Å². The molecule has 3 heterocycles. The number of nitrogens with one attached hydrogen (secondary N) is 2. The second-order valence-corrected chi connectivity index (χ2v) is 9.15. The van der Waals surface area contributed by atoms with Crippen LogP contribution in [-0.2, 0) is 19.5 Å². The molecule has 0 radical (unpaired) electrons. The van der Waals surface area contributed by atoms with Crippen molar-refractivity contribution in [2.75, 3.05) is 10.6 Å². The van der Waals surface area contributed by atoms with Crippen LogP contribution in [0.4, 0.5) is 20.2 Å². The van der Waals surface area contributed by atoms with Crippen LogP contribution in [0, 0.1) is 11.6 Å². The number of aromatic nitrogens is 3. The van der Waals surface area contributed by atoms with Gasteiger partial charge in [-0.25, -0.2) is 13.3 Å². The largest absolute Gasteiger partial charge is 0.378 e. The molecule has 0 atom stereocenters. The third-order valence-electron chi connectivity index (χ3n) is 6.74. The normalized spacial score (nSPS) is 12.9. The van der Waals surface area contributed by atoms with Gasteiger partial charge in [0, 0.05) is 29.0 Å². The number of nitrogens with zero attached hydrogens (tertiary/aromatic N) is 3. The van der Waals surface area contributed by atoms with E-state index in [1.54, 1.807) is 28.8 Å². The predicted molar refractivity (Wildman–Crippen MR) is 140 cm³/mol. The minimum absolute atomic E-state index is 0.290. The lowest BCUT2D eigenvalue weighted by atomic mass is 9.98. The van der Waals surface area contributed by atoms with E-state index in [-0.39, 0.29) is 17.5 Å². The maximum absolute atomic E-state index is 13.7. The summed E-state index contributed by atoms with van der Waals surface area (Å²) in [6.07, 6.45) is 2.81. The second kappa shape index (κ2) is 9.54. The summed E-state index contributed by atoms with van der Waals surface area (Å²) in [6.45, 7) is 1.21. The highest BCUT2D eigenvalue weighted by Gasteiger charge is 2.30. The van der Waals surface area contributed by atoms with E-state index in [0.29, 0.717) is 17.9 Å². The maximum atomic E-state index is 13.7. The Morgan fingerprint density at radius 2 is 1.54 bits per heavy atom. The minimum atomic E-state index is -0.366. The molecule has 0 bridgehead atoms. The monoisotopic (exact) mass is 497 g/mol. The predicted octanol–water partition coefficient (Wildman–Crippen LogP) is 6.28. The Morgan fingerprint density at radius 3 is 2.24 bits per heavy atom. The molecule has 1 aliphatic heterocycles. The van der Waals surface area contributed by atoms with Crippen LogP contribution in [0.3, 0.4) is 0 Å². The Morgan fingerprint density at radius 1 is 0.865 bits per heavy atom. The molecule has 5 aromatic rings. The minimum Gasteiger partial charge on any atom is -0.378 e. The van der Waals surface area contributed by atoms with E-state index in [9.17, 15) is 13.6 Å². The summed E-state index contributed by atoms with van der Waals surface area (Å²) in [6, 6.07) is 21.8. The molecule has 0 saturated carbocycles. The zero-order chi connectivity index (χ0) is 25.4. The van der Waals surface area contributed by atoms with Gasteiger partial charge in [0.1, 0.15) is 23.0 Å². The fourth-order valence-electron chi connectivity index (χ4n) is 5.03. The van der Waals surface area contributed by atoms with Crippen molar-refractivity contribution in [2.45, 2.75) is 32.4 Å². The van der Waals surface area contributed by atoms with Crippen LogP contribution in [0.25, 0.3) is 16.8 Å². The van der Waals surface area contributed by atoms with Gasteiger partial charge in [-0.1, -0.05) is 30.3 Å². The summed E-state index contributed by atoms with van der Waals surface area (Å²) >= 11 is 0. The van der Waals surface area contributed by atoms with Gasteiger partial charge in [0.05, 0.1) is 6.54 Å². The lowest BCUT2D eigenvalue weighted by molar-refractivity contribution is 0.102. The number of hydrogen-bond acceptors (Lipinski definition) is 3. The number of aryl methyl sites for hydroxylation is 2. The highest BCUT2D eigenvalue weighted by molar-refractivity contribution is 6.09. The van der Waals surface area contributed by atoms with Crippen LogP contribution in [0.1, 0.15) is 34.7 Å². The van der Waals surface area contributed by atoms with Crippen molar-refractivity contribution in [1.82, 2.24) is 14.2 Å². The van der Waals surface area contributed by atoms with E-state index in [0.717, 1.165) is 59.7 Å². The van der Waals surface area contributed by atoms with Crippen molar-refractivity contribution >= 4 is 22.9 Å². The first-order chi connectivity index (χ1) is 18.1. The zero-order valence-corrected chi connectivity index (χ0v) is 20.0. The van der Waals surface area contributed by atoms with Crippen molar-refractivity contribution in [3.8, 4) is 11.1 Å². The van der Waals surface area contributed by atoms with Crippen LogP contribution in [0.2, 0.25) is 0 Å². The Bertz CT molecular complexity index is 1570. The van der Waals surface area contributed by atoms with E-state index in [1.807, 2.05) is 30.3 Å². The molecule has 2 aromatic heterocycles. The number of hydrogen-bond donors (Lipinski definition) is 2. The molecule has 0 saturated heterocycles. The van der Waals surface area contributed by atoms with Gasteiger partial charge in [-0.2, -0.15) is 5.10 Å². The van der Waals surface area contributed by atoms with Crippen molar-refractivity contribution in [2.24, 2.45) is 0 Å². The van der Waals surface area contributed by atoms with Crippen molar-refractivity contribution in [3.05, 3.63) is 108 Å². The molecule has 0 fully saturated rings. The van der Waals surface area contributed by atoms with E-state index in [1.165, 1.54) is 24.3 Å². The third-order valence-corrected chi connectivity index (χ3v) is 6.74. The van der Waals surface area contributed by atoms with Crippen LogP contribution in [-0.4, -0.2) is 20.1 Å². The number of anilines is 2. The quantitative estimate of drug-likeness (QED) is 0.290. The van der Waals surface area contributed by atoms with Crippen LogP contribution in [0.15, 0.2) is 78.9 Å². The summed E-state index contributed by atoms with van der Waals surface area (Å²) in [5.74, 6) is -0.176. The summed E-state index contributed by atoms with van der Waals surface area (Å²) in [7, 11) is 0. The fourth-order valence-corrected chi connectivity index (χ4v) is 5.03. The lowest BCUT2D eigenvalue weighted by Crippen LogP contribution is -2.16. The molecule has 0 spiro atoms. The molecule has 0 aliphatic carbocycles. The molecule has 6 nitrogen and oxygen atoms in total. The van der Waals surface area contributed by atoms with Gasteiger partial charge in [-0.3, -0.25) is 4.79 Å². The Balaban J connectivity index is 1.47. The smallest absolute Gasteiger partial charge is 0.275 e. The lowest BCUT2D eigenvalue weighted by Gasteiger charge is -2.10. The SMILES string of the molecule is O=C(Nc1ccc(F)cc1)c1c(-c2ccccc2)c2c3n(c(CNc4ccc(F)cc4)nn13)CCCC2. The molecular formula is C29H25F2N5O. The topological polar surface area (TPSA) is 63.4 Å². The first-order valence-corrected chi connectivity index (χ1v) is 12.3. The Hall–Kier alpha value is -4.46. The standard InChI is InChI=1S/C29H25F2N5O/c30-20-9-13-22(14-10-20)32-18-25-34-36-27(28(37)33-23-15-11-21(31)12-16-23)26(19-6-2-1-3-7-19)24-8-4-5-17-35(25)29(24)36/h1-3,6-7,9-16,32H,4-5,8,17-18H2,(H,33,37). The van der Waals surface area contributed by atoms with Gasteiger partial charge < -0.3 is 15.2 Å². The van der Waals surface area contributed by atoms with Crippen molar-refractivity contribution in [3.63, 3.8) is 0 Å². The molecule has 2 N–H and O–H groups in total. The van der Waals surface area contributed by atoms with E-state index in [2.05, 4.69) is 15.2 Å². The number of amides is 1. The maximum Gasteiger partial charge on any atom is 0.275 e. The van der Waals surface area contributed by atoms with Crippen molar-refractivity contribution < 1.29 is 13.6 Å². The molecule has 37 heavy (non-hydrogen) atoms. The third kappa shape index (κ3) is 4.35. The van der Waals surface area contributed by atoms with E-state index < -0.39 is 0 Å². The molecule has 1 aliphatic rings.